The van der Waals surface area contributed by atoms with E-state index >= 15 is 0 Å². The Morgan fingerprint density at radius 3 is 2.50 bits per heavy atom. The van der Waals surface area contributed by atoms with Gasteiger partial charge in [-0.3, -0.25) is 14.5 Å². The molecule has 1 aromatic carbocycles. The zero-order valence-electron chi connectivity index (χ0n) is 10.4. The number of anilines is 1. The second-order valence-corrected chi connectivity index (χ2v) is 4.46. The van der Waals surface area contributed by atoms with Crippen LogP contribution in [0.2, 0.25) is 0 Å². The van der Waals surface area contributed by atoms with Crippen molar-refractivity contribution < 1.29 is 9.59 Å². The minimum absolute atomic E-state index is 0.00673. The minimum Gasteiger partial charge on any atom is -0.324 e. The maximum Gasteiger partial charge on any atom is 0.241 e. The maximum atomic E-state index is 11.9. The average molecular weight is 247 g/mol. The van der Waals surface area contributed by atoms with Crippen LogP contribution in [-0.4, -0.2) is 49.8 Å². The van der Waals surface area contributed by atoms with E-state index in [9.17, 15) is 9.59 Å². The zero-order valence-corrected chi connectivity index (χ0v) is 10.4. The lowest BCUT2D eigenvalue weighted by Gasteiger charge is -2.32. The number of hydrogen-bond acceptors (Lipinski definition) is 4. The second-order valence-electron chi connectivity index (χ2n) is 4.46. The van der Waals surface area contributed by atoms with Crippen LogP contribution in [0.25, 0.3) is 0 Å². The van der Waals surface area contributed by atoms with Gasteiger partial charge in [0.2, 0.25) is 5.91 Å². The highest BCUT2D eigenvalue weighted by molar-refractivity contribution is 5.99. The summed E-state index contributed by atoms with van der Waals surface area (Å²) in [4.78, 5) is 27.0. The summed E-state index contributed by atoms with van der Waals surface area (Å²) in [6.45, 7) is 1.98. The number of nitrogens with two attached hydrogens (primary N) is 1. The third-order valence-corrected chi connectivity index (χ3v) is 3.10. The number of benzene rings is 1. The maximum absolute atomic E-state index is 11.9. The lowest BCUT2D eigenvalue weighted by Crippen LogP contribution is -2.48. The van der Waals surface area contributed by atoms with Gasteiger partial charge < -0.3 is 10.6 Å². The molecule has 1 fully saturated rings. The Labute approximate surface area is 106 Å². The van der Waals surface area contributed by atoms with Crippen LogP contribution in [0.15, 0.2) is 24.3 Å². The fraction of sp³-hybridized carbons (Fsp3) is 0.385. The number of ketones is 1. The first kappa shape index (κ1) is 12.7. The minimum atomic E-state index is -0.0914. The van der Waals surface area contributed by atoms with Crippen LogP contribution in [0, 0.1) is 0 Å². The molecule has 0 spiro atoms. The van der Waals surface area contributed by atoms with Crippen molar-refractivity contribution in [1.29, 1.82) is 0 Å². The van der Waals surface area contributed by atoms with E-state index in [1.54, 1.807) is 29.2 Å². The molecule has 1 aliphatic heterocycles. The molecule has 0 bridgehead atoms. The molecular weight excluding hydrogens is 230 g/mol. The number of Topliss-reactive ketones (excluding diaryl/α,β-unsaturated/α-hetero) is 1. The Bertz CT molecular complexity index is 456. The summed E-state index contributed by atoms with van der Waals surface area (Å²) in [5, 5.41) is 0. The summed E-state index contributed by atoms with van der Waals surface area (Å²) in [5.74, 6) is -0.00657. The van der Waals surface area contributed by atoms with Crippen LogP contribution in [-0.2, 0) is 4.79 Å². The van der Waals surface area contributed by atoms with Gasteiger partial charge in [0.15, 0.2) is 5.78 Å². The first-order chi connectivity index (χ1) is 8.61. The summed E-state index contributed by atoms with van der Waals surface area (Å²) < 4.78 is 0. The first-order valence-corrected chi connectivity index (χ1v) is 5.94. The van der Waals surface area contributed by atoms with Gasteiger partial charge in [0, 0.05) is 24.3 Å². The molecule has 0 saturated carbocycles. The summed E-state index contributed by atoms with van der Waals surface area (Å²) in [5.41, 5.74) is 6.72. The predicted octanol–water partition coefficient (Wildman–Crippen LogP) is 0.106. The van der Waals surface area contributed by atoms with Gasteiger partial charge in [-0.15, -0.1) is 0 Å². The molecule has 96 valence electrons. The van der Waals surface area contributed by atoms with E-state index in [0.29, 0.717) is 18.7 Å². The monoisotopic (exact) mass is 247 g/mol. The molecule has 0 unspecified atom stereocenters. The molecule has 1 aromatic rings. The van der Waals surface area contributed by atoms with E-state index in [2.05, 4.69) is 0 Å². The first-order valence-electron chi connectivity index (χ1n) is 5.94. The van der Waals surface area contributed by atoms with Gasteiger partial charge in [0.25, 0.3) is 0 Å². The van der Waals surface area contributed by atoms with Crippen molar-refractivity contribution in [2.45, 2.75) is 0 Å². The van der Waals surface area contributed by atoms with Crippen molar-refractivity contribution in [2.75, 3.05) is 38.1 Å². The molecular formula is C13H17N3O2. The van der Waals surface area contributed by atoms with Crippen molar-refractivity contribution in [3.63, 3.8) is 0 Å². The van der Waals surface area contributed by atoms with Crippen LogP contribution >= 0.6 is 0 Å². The number of amides is 1. The highest BCUT2D eigenvalue weighted by atomic mass is 16.2. The zero-order chi connectivity index (χ0) is 13.1. The molecule has 5 heteroatoms. The SMILES string of the molecule is CN1CCN(c2ccc(C(=O)CN)cc2)C(=O)C1. The Hall–Kier alpha value is -1.72. The summed E-state index contributed by atoms with van der Waals surface area (Å²) in [6.07, 6.45) is 0. The van der Waals surface area contributed by atoms with Gasteiger partial charge >= 0.3 is 0 Å². The smallest absolute Gasteiger partial charge is 0.241 e. The summed E-state index contributed by atoms with van der Waals surface area (Å²) in [7, 11) is 1.93. The number of piperazine rings is 1. The van der Waals surface area contributed by atoms with Gasteiger partial charge in [-0.25, -0.2) is 0 Å². The van der Waals surface area contributed by atoms with Crippen molar-refractivity contribution in [2.24, 2.45) is 5.73 Å². The van der Waals surface area contributed by atoms with Crippen molar-refractivity contribution in [3.05, 3.63) is 29.8 Å². The van der Waals surface area contributed by atoms with Gasteiger partial charge in [-0.05, 0) is 31.3 Å². The molecule has 18 heavy (non-hydrogen) atoms. The second kappa shape index (κ2) is 5.29. The number of hydrogen-bond donors (Lipinski definition) is 1. The molecule has 0 aromatic heterocycles. The molecule has 1 saturated heterocycles. The van der Waals surface area contributed by atoms with Gasteiger partial charge in [-0.1, -0.05) is 0 Å². The third-order valence-electron chi connectivity index (χ3n) is 3.10. The quantitative estimate of drug-likeness (QED) is 0.770. The fourth-order valence-electron chi connectivity index (χ4n) is 2.01. The van der Waals surface area contributed by atoms with Crippen LogP contribution in [0.5, 0.6) is 0 Å². The van der Waals surface area contributed by atoms with Crippen LogP contribution < -0.4 is 10.6 Å². The molecule has 1 amide bonds. The Morgan fingerprint density at radius 1 is 1.28 bits per heavy atom. The number of nitrogens with zero attached hydrogens (tertiary/aromatic N) is 2. The van der Waals surface area contributed by atoms with Crippen molar-refractivity contribution >= 4 is 17.4 Å². The van der Waals surface area contributed by atoms with Crippen molar-refractivity contribution in [3.8, 4) is 0 Å². The highest BCUT2D eigenvalue weighted by Gasteiger charge is 2.22. The van der Waals surface area contributed by atoms with E-state index in [4.69, 9.17) is 5.73 Å². The Morgan fingerprint density at radius 2 is 1.94 bits per heavy atom. The predicted molar refractivity (Wildman–Crippen MR) is 69.7 cm³/mol. The largest absolute Gasteiger partial charge is 0.324 e. The van der Waals surface area contributed by atoms with Crippen LogP contribution in [0.3, 0.4) is 0 Å². The van der Waals surface area contributed by atoms with Crippen LogP contribution in [0.1, 0.15) is 10.4 Å². The number of likely N-dealkylation sites (N-methyl/N-ethyl adjacent to an activating group) is 1. The van der Waals surface area contributed by atoms with E-state index in [1.807, 2.05) is 11.9 Å². The van der Waals surface area contributed by atoms with Crippen molar-refractivity contribution in [1.82, 2.24) is 4.90 Å². The van der Waals surface area contributed by atoms with Crippen LogP contribution in [0.4, 0.5) is 5.69 Å². The fourth-order valence-corrected chi connectivity index (χ4v) is 2.01. The number of rotatable bonds is 3. The van der Waals surface area contributed by atoms with Gasteiger partial charge in [0.1, 0.15) is 0 Å². The standard InChI is InChI=1S/C13H17N3O2/c1-15-6-7-16(13(18)9-15)11-4-2-10(3-5-11)12(17)8-14/h2-5H,6-9,14H2,1H3. The van der Waals surface area contributed by atoms with Gasteiger partial charge in [0.05, 0.1) is 13.1 Å². The van der Waals surface area contributed by atoms with E-state index in [1.165, 1.54) is 0 Å². The summed E-state index contributed by atoms with van der Waals surface area (Å²) >= 11 is 0. The average Bonchev–Trinajstić information content (AvgIpc) is 2.38. The molecule has 2 N–H and O–H groups in total. The Balaban J connectivity index is 2.14. The van der Waals surface area contributed by atoms with E-state index < -0.39 is 0 Å². The molecule has 5 nitrogen and oxygen atoms in total. The molecule has 0 aliphatic carbocycles. The lowest BCUT2D eigenvalue weighted by molar-refractivity contribution is -0.120. The molecule has 1 heterocycles. The third kappa shape index (κ3) is 2.57. The van der Waals surface area contributed by atoms with E-state index in [-0.39, 0.29) is 18.2 Å². The normalized spacial score (nSPS) is 17.0. The molecule has 0 radical (unpaired) electrons. The molecule has 1 aliphatic rings. The lowest BCUT2D eigenvalue weighted by atomic mass is 10.1. The molecule has 2 rings (SSSR count). The number of carbonyl (C=O) groups is 2. The topological polar surface area (TPSA) is 66.6 Å². The molecule has 0 atom stereocenters. The van der Waals surface area contributed by atoms with Gasteiger partial charge in [-0.2, -0.15) is 0 Å². The highest BCUT2D eigenvalue weighted by Crippen LogP contribution is 2.17. The number of carbonyl (C=O) groups excluding carboxylic acids is 2. The summed E-state index contributed by atoms with van der Waals surface area (Å²) in [6, 6.07) is 7.03. The van der Waals surface area contributed by atoms with E-state index in [0.717, 1.165) is 12.2 Å². The Kier molecular flexibility index (Phi) is 3.74.